The second-order valence-corrected chi connectivity index (χ2v) is 7.18. The number of rotatable bonds is 7. The molecule has 0 aliphatic heterocycles. The number of hydrogen-bond acceptors (Lipinski definition) is 2. The van der Waals surface area contributed by atoms with Gasteiger partial charge in [-0.3, -0.25) is 4.79 Å². The highest BCUT2D eigenvalue weighted by Crippen LogP contribution is 2.48. The van der Waals surface area contributed by atoms with E-state index in [0.717, 1.165) is 23.9 Å². The van der Waals surface area contributed by atoms with E-state index in [9.17, 15) is 4.79 Å². The number of carbonyl (C=O) groups is 1. The number of amides is 1. The number of carbonyl (C=O) groups excluding carboxylic acids is 1. The van der Waals surface area contributed by atoms with Crippen molar-refractivity contribution in [3.8, 4) is 0 Å². The highest BCUT2D eigenvalue weighted by molar-refractivity contribution is 14.0. The van der Waals surface area contributed by atoms with E-state index in [2.05, 4.69) is 56.3 Å². The van der Waals surface area contributed by atoms with Crippen LogP contribution >= 0.6 is 39.9 Å². The van der Waals surface area contributed by atoms with Gasteiger partial charge in [-0.2, -0.15) is 0 Å². The van der Waals surface area contributed by atoms with E-state index in [1.165, 1.54) is 5.56 Å². The van der Waals surface area contributed by atoms with Crippen molar-refractivity contribution in [2.45, 2.75) is 18.3 Å². The van der Waals surface area contributed by atoms with E-state index in [1.807, 2.05) is 6.07 Å². The molecule has 7 heteroatoms. The number of nitrogens with zero attached hydrogens (tertiary/aromatic N) is 2. The maximum Gasteiger partial charge on any atom is 0.243 e. The fourth-order valence-corrected chi connectivity index (χ4v) is 2.82. The van der Waals surface area contributed by atoms with Crippen molar-refractivity contribution in [3.05, 3.63) is 47.0 Å². The van der Waals surface area contributed by atoms with Crippen LogP contribution in [0.2, 0.25) is 0 Å². The Labute approximate surface area is 175 Å². The van der Waals surface area contributed by atoms with Crippen LogP contribution in [0.15, 0.2) is 46.4 Å². The zero-order valence-electron chi connectivity index (χ0n) is 14.7. The Bertz CT molecular complexity index is 629. The molecule has 1 aromatic rings. The summed E-state index contributed by atoms with van der Waals surface area (Å²) in [4.78, 5) is 17.6. The second-order valence-electron chi connectivity index (χ2n) is 6.27. The molecule has 0 radical (unpaired) electrons. The van der Waals surface area contributed by atoms with Gasteiger partial charge in [-0.25, -0.2) is 4.99 Å². The Hall–Kier alpha value is -1.09. The molecule has 0 unspecified atom stereocenters. The lowest BCUT2D eigenvalue weighted by Gasteiger charge is -2.19. The Kier molecular flexibility index (Phi) is 8.92. The van der Waals surface area contributed by atoms with Crippen LogP contribution in [0.3, 0.4) is 0 Å². The predicted octanol–water partition coefficient (Wildman–Crippen LogP) is 2.91. The van der Waals surface area contributed by atoms with E-state index < -0.39 is 0 Å². The van der Waals surface area contributed by atoms with Gasteiger partial charge in [-0.05, 0) is 30.5 Å². The van der Waals surface area contributed by atoms with Crippen molar-refractivity contribution in [1.82, 2.24) is 15.5 Å². The standard InChI is InChI=1S/C18H25BrN4O.HI/c1-4-10-20-17(21-12-16(24)23(2)3)22-13-18(8-9-18)14-6-5-7-15(19)11-14;/h4-7,11H,1,8-10,12-13H2,2-3H3,(H2,20,21,22);1H. The molecule has 1 aliphatic carbocycles. The lowest BCUT2D eigenvalue weighted by Crippen LogP contribution is -2.42. The molecule has 0 aromatic heterocycles. The van der Waals surface area contributed by atoms with Gasteiger partial charge >= 0.3 is 0 Å². The summed E-state index contributed by atoms with van der Waals surface area (Å²) >= 11 is 3.54. The molecule has 1 aliphatic rings. The fourth-order valence-electron chi connectivity index (χ4n) is 2.42. The monoisotopic (exact) mass is 520 g/mol. The van der Waals surface area contributed by atoms with Crippen molar-refractivity contribution in [2.24, 2.45) is 4.99 Å². The lowest BCUT2D eigenvalue weighted by molar-refractivity contribution is -0.127. The molecule has 5 nitrogen and oxygen atoms in total. The summed E-state index contributed by atoms with van der Waals surface area (Å²) in [6.07, 6.45) is 4.08. The lowest BCUT2D eigenvalue weighted by atomic mass is 9.96. The van der Waals surface area contributed by atoms with Crippen LogP contribution in [0.1, 0.15) is 18.4 Å². The average molecular weight is 521 g/mol. The Morgan fingerprint density at radius 2 is 2.12 bits per heavy atom. The zero-order chi connectivity index (χ0) is 17.6. The van der Waals surface area contributed by atoms with Crippen LogP contribution in [0, 0.1) is 0 Å². The predicted molar refractivity (Wildman–Crippen MR) is 118 cm³/mol. The largest absolute Gasteiger partial charge is 0.355 e. The number of hydrogen-bond donors (Lipinski definition) is 2. The summed E-state index contributed by atoms with van der Waals surface area (Å²) < 4.78 is 1.10. The van der Waals surface area contributed by atoms with E-state index in [-0.39, 0.29) is 41.8 Å². The molecule has 138 valence electrons. The molecule has 0 heterocycles. The third kappa shape index (κ3) is 6.62. The first-order valence-corrected chi connectivity index (χ1v) is 8.85. The van der Waals surface area contributed by atoms with Crippen molar-refractivity contribution < 1.29 is 4.79 Å². The van der Waals surface area contributed by atoms with Crippen LogP contribution in [-0.4, -0.2) is 50.5 Å². The normalized spacial score (nSPS) is 14.9. The first kappa shape index (κ1) is 22.0. The first-order valence-electron chi connectivity index (χ1n) is 8.06. The average Bonchev–Trinajstić information content (AvgIpc) is 3.35. The van der Waals surface area contributed by atoms with Crippen LogP contribution in [0.4, 0.5) is 0 Å². The van der Waals surface area contributed by atoms with E-state index in [0.29, 0.717) is 12.5 Å². The van der Waals surface area contributed by atoms with Gasteiger partial charge < -0.3 is 15.5 Å². The Morgan fingerprint density at radius 3 is 2.68 bits per heavy atom. The molecular formula is C18H26BrIN4O. The molecule has 2 N–H and O–H groups in total. The third-order valence-corrected chi connectivity index (χ3v) is 4.66. The Morgan fingerprint density at radius 1 is 1.40 bits per heavy atom. The van der Waals surface area contributed by atoms with Crippen molar-refractivity contribution in [1.29, 1.82) is 0 Å². The molecule has 2 rings (SSSR count). The van der Waals surface area contributed by atoms with Gasteiger partial charge in [0.25, 0.3) is 0 Å². The minimum absolute atomic E-state index is 0. The van der Waals surface area contributed by atoms with E-state index in [1.54, 1.807) is 25.1 Å². The summed E-state index contributed by atoms with van der Waals surface area (Å²) in [5.74, 6) is 0.620. The maximum absolute atomic E-state index is 11.7. The number of likely N-dealkylation sites (N-methyl/N-ethyl adjacent to an activating group) is 1. The molecule has 0 saturated heterocycles. The van der Waals surface area contributed by atoms with Gasteiger partial charge in [0, 0.05) is 37.1 Å². The van der Waals surface area contributed by atoms with Crippen molar-refractivity contribution in [2.75, 3.05) is 33.7 Å². The molecule has 1 aromatic carbocycles. The van der Waals surface area contributed by atoms with Crippen LogP contribution < -0.4 is 10.6 Å². The molecule has 1 fully saturated rings. The number of aliphatic imine (C=N–C) groups is 1. The van der Waals surface area contributed by atoms with Gasteiger partial charge in [0.1, 0.15) is 6.54 Å². The van der Waals surface area contributed by atoms with Gasteiger partial charge in [0.05, 0.1) is 0 Å². The van der Waals surface area contributed by atoms with Gasteiger partial charge in [0.2, 0.25) is 5.91 Å². The number of benzene rings is 1. The summed E-state index contributed by atoms with van der Waals surface area (Å²) in [6.45, 7) is 5.23. The molecule has 0 spiro atoms. The molecule has 0 bridgehead atoms. The molecule has 0 atom stereocenters. The highest BCUT2D eigenvalue weighted by atomic mass is 127. The molecule has 1 amide bonds. The van der Waals surface area contributed by atoms with Crippen molar-refractivity contribution in [3.63, 3.8) is 0 Å². The third-order valence-electron chi connectivity index (χ3n) is 4.17. The van der Waals surface area contributed by atoms with Crippen LogP contribution in [0.25, 0.3) is 0 Å². The second kappa shape index (κ2) is 10.2. The van der Waals surface area contributed by atoms with E-state index >= 15 is 0 Å². The quantitative estimate of drug-likeness (QED) is 0.251. The summed E-state index contributed by atoms with van der Waals surface area (Å²) in [5, 5.41) is 6.54. The number of halogens is 2. The number of nitrogens with one attached hydrogen (secondary N) is 2. The van der Waals surface area contributed by atoms with Crippen molar-refractivity contribution >= 4 is 51.8 Å². The minimum Gasteiger partial charge on any atom is -0.355 e. The summed E-state index contributed by atoms with van der Waals surface area (Å²) in [6, 6.07) is 8.46. The van der Waals surface area contributed by atoms with Crippen LogP contribution in [-0.2, 0) is 10.2 Å². The molecule has 1 saturated carbocycles. The SMILES string of the molecule is C=CCNC(=NCC(=O)N(C)C)NCC1(c2cccc(Br)c2)CC1.I. The molecular weight excluding hydrogens is 495 g/mol. The smallest absolute Gasteiger partial charge is 0.243 e. The summed E-state index contributed by atoms with van der Waals surface area (Å²) in [5.41, 5.74) is 1.49. The van der Waals surface area contributed by atoms with Gasteiger partial charge in [-0.15, -0.1) is 30.6 Å². The maximum atomic E-state index is 11.7. The topological polar surface area (TPSA) is 56.7 Å². The van der Waals surface area contributed by atoms with Crippen LogP contribution in [0.5, 0.6) is 0 Å². The Balaban J connectivity index is 0.00000312. The molecule has 25 heavy (non-hydrogen) atoms. The summed E-state index contributed by atoms with van der Waals surface area (Å²) in [7, 11) is 3.46. The number of guanidine groups is 1. The van der Waals surface area contributed by atoms with Gasteiger partial charge in [-0.1, -0.05) is 34.1 Å². The van der Waals surface area contributed by atoms with Gasteiger partial charge in [0.15, 0.2) is 5.96 Å². The first-order chi connectivity index (χ1) is 11.5. The fraction of sp³-hybridized carbons (Fsp3) is 0.444. The zero-order valence-corrected chi connectivity index (χ0v) is 18.6. The van der Waals surface area contributed by atoms with E-state index in [4.69, 9.17) is 0 Å². The highest BCUT2D eigenvalue weighted by Gasteiger charge is 2.44. The minimum atomic E-state index is -0.0252.